The van der Waals surface area contributed by atoms with E-state index in [0.29, 0.717) is 16.6 Å². The molecule has 1 aliphatic carbocycles. The molecule has 1 aromatic heterocycles. The third kappa shape index (κ3) is 6.21. The van der Waals surface area contributed by atoms with Crippen LogP contribution in [0.5, 0.6) is 5.75 Å². The zero-order chi connectivity index (χ0) is 27.3. The van der Waals surface area contributed by atoms with Crippen LogP contribution in [0, 0.1) is 6.92 Å². The van der Waals surface area contributed by atoms with Gasteiger partial charge < -0.3 is 4.74 Å². The van der Waals surface area contributed by atoms with Gasteiger partial charge in [0, 0.05) is 17.0 Å². The van der Waals surface area contributed by atoms with Gasteiger partial charge in [0.25, 0.3) is 5.91 Å². The van der Waals surface area contributed by atoms with Crippen LogP contribution in [0.15, 0.2) is 94.1 Å². The molecule has 1 amide bonds. The number of amidine groups is 1. The number of benzene rings is 3. The van der Waals surface area contributed by atoms with Crippen LogP contribution in [0.1, 0.15) is 48.8 Å². The van der Waals surface area contributed by atoms with E-state index >= 15 is 0 Å². The molecule has 6 rings (SSSR count). The van der Waals surface area contributed by atoms with Crippen molar-refractivity contribution in [2.45, 2.75) is 51.7 Å². The molecule has 202 valence electrons. The topological polar surface area (TPSA) is 54.8 Å². The van der Waals surface area contributed by atoms with Crippen LogP contribution >= 0.6 is 23.1 Å². The highest BCUT2D eigenvalue weighted by Crippen LogP contribution is 2.39. The van der Waals surface area contributed by atoms with Crippen molar-refractivity contribution in [1.82, 2.24) is 9.88 Å². The highest BCUT2D eigenvalue weighted by molar-refractivity contribution is 8.18. The summed E-state index contributed by atoms with van der Waals surface area (Å²) in [5.74, 6) is 0.840. The molecule has 0 radical (unpaired) electrons. The van der Waals surface area contributed by atoms with E-state index in [0.717, 1.165) is 59.0 Å². The van der Waals surface area contributed by atoms with E-state index in [1.807, 2.05) is 71.0 Å². The summed E-state index contributed by atoms with van der Waals surface area (Å²) < 4.78 is 5.97. The van der Waals surface area contributed by atoms with E-state index in [9.17, 15) is 4.79 Å². The molecule has 5 nitrogen and oxygen atoms in total. The predicted octanol–water partition coefficient (Wildman–Crippen LogP) is 8.63. The Morgan fingerprint density at radius 3 is 2.48 bits per heavy atom. The number of aryl methyl sites for hydroxylation is 1. The van der Waals surface area contributed by atoms with Crippen molar-refractivity contribution in [3.8, 4) is 17.0 Å². The molecule has 1 aliphatic heterocycles. The smallest absolute Gasteiger partial charge is 0.267 e. The fourth-order valence-electron chi connectivity index (χ4n) is 5.03. The van der Waals surface area contributed by atoms with E-state index in [1.54, 1.807) is 0 Å². The van der Waals surface area contributed by atoms with Gasteiger partial charge in [-0.25, -0.2) is 4.98 Å². The standard InChI is InChI=1S/C33H31N3O2S2/c1-23-12-14-25(15-13-23)21-38-28-18-16-24(17-19-28)20-30-31(37)36(27-10-6-3-7-11-27)33(40-30)35-32-34-29(22-39-32)26-8-4-2-5-9-26/h2,4-5,8-9,12-20,22,27H,3,6-7,10-11,21H2,1H3/b30-20-,35-33+. The second-order valence-corrected chi connectivity index (χ2v) is 12.0. The Labute approximate surface area is 243 Å². The third-order valence-electron chi connectivity index (χ3n) is 7.23. The molecule has 1 saturated carbocycles. The summed E-state index contributed by atoms with van der Waals surface area (Å²) in [6, 6.07) is 26.6. The Morgan fingerprint density at radius 2 is 1.73 bits per heavy atom. The van der Waals surface area contributed by atoms with Gasteiger partial charge in [0.2, 0.25) is 5.13 Å². The number of carbonyl (C=O) groups excluding carboxylic acids is 1. The minimum Gasteiger partial charge on any atom is -0.489 e. The lowest BCUT2D eigenvalue weighted by Gasteiger charge is -2.30. The summed E-state index contributed by atoms with van der Waals surface area (Å²) in [5, 5.41) is 3.43. The van der Waals surface area contributed by atoms with E-state index in [4.69, 9.17) is 14.7 Å². The first-order valence-electron chi connectivity index (χ1n) is 13.7. The molecule has 2 fully saturated rings. The lowest BCUT2D eigenvalue weighted by Crippen LogP contribution is -2.40. The first kappa shape index (κ1) is 26.5. The number of nitrogens with zero attached hydrogens (tertiary/aromatic N) is 3. The molecule has 0 spiro atoms. The molecule has 7 heteroatoms. The molecule has 2 heterocycles. The molecule has 3 aromatic carbocycles. The minimum absolute atomic E-state index is 0.0372. The molecular weight excluding hydrogens is 535 g/mol. The van der Waals surface area contributed by atoms with Crippen molar-refractivity contribution in [3.63, 3.8) is 0 Å². The number of aromatic nitrogens is 1. The van der Waals surface area contributed by atoms with Gasteiger partial charge in [-0.1, -0.05) is 91.6 Å². The third-order valence-corrected chi connectivity index (χ3v) is 8.95. The molecule has 4 aromatic rings. The van der Waals surface area contributed by atoms with Crippen molar-refractivity contribution < 1.29 is 9.53 Å². The van der Waals surface area contributed by atoms with Crippen molar-refractivity contribution >= 4 is 45.4 Å². The monoisotopic (exact) mass is 565 g/mol. The molecule has 2 aliphatic rings. The van der Waals surface area contributed by atoms with Gasteiger partial charge in [-0.05, 0) is 60.9 Å². The average Bonchev–Trinajstić information content (AvgIpc) is 3.58. The maximum absolute atomic E-state index is 13.7. The second-order valence-electron chi connectivity index (χ2n) is 10.2. The zero-order valence-electron chi connectivity index (χ0n) is 22.5. The number of hydrogen-bond acceptors (Lipinski definition) is 6. The summed E-state index contributed by atoms with van der Waals surface area (Å²) in [5.41, 5.74) is 5.30. The Balaban J connectivity index is 1.21. The minimum atomic E-state index is 0.0372. The molecule has 0 unspecified atom stereocenters. The number of thiazole rings is 1. The number of rotatable bonds is 7. The fourth-order valence-corrected chi connectivity index (χ4v) is 6.82. The van der Waals surface area contributed by atoms with Crippen LogP contribution in [-0.2, 0) is 11.4 Å². The lowest BCUT2D eigenvalue weighted by molar-refractivity contribution is -0.124. The van der Waals surface area contributed by atoms with Crippen LogP contribution in [0.4, 0.5) is 5.13 Å². The van der Waals surface area contributed by atoms with Gasteiger partial charge in [0.05, 0.1) is 10.6 Å². The number of amides is 1. The molecule has 0 N–H and O–H groups in total. The van der Waals surface area contributed by atoms with Gasteiger partial charge >= 0.3 is 0 Å². The molecule has 40 heavy (non-hydrogen) atoms. The summed E-state index contributed by atoms with van der Waals surface area (Å²) >= 11 is 2.96. The first-order chi connectivity index (χ1) is 19.6. The van der Waals surface area contributed by atoms with Crippen LogP contribution in [0.2, 0.25) is 0 Å². The van der Waals surface area contributed by atoms with Crippen molar-refractivity contribution in [3.05, 3.63) is 106 Å². The Morgan fingerprint density at radius 1 is 0.975 bits per heavy atom. The maximum atomic E-state index is 13.7. The van der Waals surface area contributed by atoms with Gasteiger partial charge in [0.1, 0.15) is 12.4 Å². The van der Waals surface area contributed by atoms with Crippen LogP contribution < -0.4 is 4.74 Å². The second kappa shape index (κ2) is 12.2. The fraction of sp³-hybridized carbons (Fsp3) is 0.242. The molecule has 0 atom stereocenters. The normalized spacial score (nSPS) is 18.1. The van der Waals surface area contributed by atoms with E-state index in [-0.39, 0.29) is 11.9 Å². The van der Waals surface area contributed by atoms with Gasteiger partial charge in [0.15, 0.2) is 5.17 Å². The number of ether oxygens (including phenoxy) is 1. The Kier molecular flexibility index (Phi) is 8.11. The number of aliphatic imine (C=N–C) groups is 1. The SMILES string of the molecule is Cc1ccc(COc2ccc(/C=C3\S/C(=N/c4nc(-c5ccccc5)cs4)N(C4CCCCC4)C3=O)cc2)cc1. The van der Waals surface area contributed by atoms with Crippen molar-refractivity contribution in [2.75, 3.05) is 0 Å². The summed E-state index contributed by atoms with van der Waals surface area (Å²) in [4.78, 5) is 26.0. The van der Waals surface area contributed by atoms with Crippen molar-refractivity contribution in [2.24, 2.45) is 4.99 Å². The predicted molar refractivity (Wildman–Crippen MR) is 166 cm³/mol. The van der Waals surface area contributed by atoms with Crippen molar-refractivity contribution in [1.29, 1.82) is 0 Å². The maximum Gasteiger partial charge on any atom is 0.267 e. The van der Waals surface area contributed by atoms with Gasteiger partial charge in [-0.2, -0.15) is 4.99 Å². The van der Waals surface area contributed by atoms with Crippen LogP contribution in [-0.4, -0.2) is 27.0 Å². The Hall–Kier alpha value is -3.68. The molecular formula is C33H31N3O2S2. The summed E-state index contributed by atoms with van der Waals surface area (Å²) in [6.07, 6.45) is 7.51. The van der Waals surface area contributed by atoms with Gasteiger partial charge in [-0.15, -0.1) is 11.3 Å². The van der Waals surface area contributed by atoms with Crippen LogP contribution in [0.3, 0.4) is 0 Å². The first-order valence-corrected chi connectivity index (χ1v) is 15.4. The summed E-state index contributed by atoms with van der Waals surface area (Å²) in [7, 11) is 0. The summed E-state index contributed by atoms with van der Waals surface area (Å²) in [6.45, 7) is 2.60. The Bertz CT molecular complexity index is 1520. The average molecular weight is 566 g/mol. The largest absolute Gasteiger partial charge is 0.489 e. The number of carbonyl (C=O) groups is 1. The molecule has 1 saturated heterocycles. The van der Waals surface area contributed by atoms with E-state index in [1.165, 1.54) is 35.1 Å². The van der Waals surface area contributed by atoms with E-state index in [2.05, 4.69) is 31.2 Å². The van der Waals surface area contributed by atoms with E-state index < -0.39 is 0 Å². The molecule has 0 bridgehead atoms. The highest BCUT2D eigenvalue weighted by atomic mass is 32.2. The number of hydrogen-bond donors (Lipinski definition) is 0. The van der Waals surface area contributed by atoms with Gasteiger partial charge in [-0.3, -0.25) is 9.69 Å². The zero-order valence-corrected chi connectivity index (χ0v) is 24.1. The van der Waals surface area contributed by atoms with Crippen LogP contribution in [0.25, 0.3) is 17.3 Å². The number of thioether (sulfide) groups is 1. The lowest BCUT2D eigenvalue weighted by atomic mass is 9.94. The highest BCUT2D eigenvalue weighted by Gasteiger charge is 2.38. The quantitative estimate of drug-likeness (QED) is 0.211.